The molecule has 98 valence electrons. The minimum Gasteiger partial charge on any atom is -0.309 e. The molecular formula is C15H20ClNS. The lowest BCUT2D eigenvalue weighted by Crippen LogP contribution is -2.32. The highest BCUT2D eigenvalue weighted by Crippen LogP contribution is 2.35. The highest BCUT2D eigenvalue weighted by molar-refractivity contribution is 7.19. The van der Waals surface area contributed by atoms with Gasteiger partial charge in [0.2, 0.25) is 0 Å². The number of nitrogens with one attached hydrogen (secondary N) is 1. The summed E-state index contributed by atoms with van der Waals surface area (Å²) in [7, 11) is 0. The summed E-state index contributed by atoms with van der Waals surface area (Å²) in [5.74, 6) is 0.656. The lowest BCUT2D eigenvalue weighted by atomic mass is 10.0. The molecule has 1 unspecified atom stereocenters. The van der Waals surface area contributed by atoms with Crippen LogP contribution in [-0.2, 0) is 6.54 Å². The van der Waals surface area contributed by atoms with E-state index < -0.39 is 0 Å². The Balaban J connectivity index is 2.14. The van der Waals surface area contributed by atoms with Crippen molar-refractivity contribution < 1.29 is 0 Å². The van der Waals surface area contributed by atoms with E-state index in [0.29, 0.717) is 12.0 Å². The first kappa shape index (κ1) is 13.9. The molecule has 0 fully saturated rings. The van der Waals surface area contributed by atoms with Gasteiger partial charge in [-0.3, -0.25) is 0 Å². The molecule has 1 N–H and O–H groups in total. The zero-order chi connectivity index (χ0) is 13.1. The van der Waals surface area contributed by atoms with Gasteiger partial charge in [-0.05, 0) is 18.4 Å². The summed E-state index contributed by atoms with van der Waals surface area (Å²) in [6.07, 6.45) is 1.15. The van der Waals surface area contributed by atoms with Crippen LogP contribution in [0.15, 0.2) is 24.3 Å². The summed E-state index contributed by atoms with van der Waals surface area (Å²) >= 11 is 8.23. The SMILES string of the molecule is CCC(NCc1sc2ccccc2c1Cl)C(C)C. The van der Waals surface area contributed by atoms with Crippen LogP contribution >= 0.6 is 22.9 Å². The maximum atomic E-state index is 6.43. The van der Waals surface area contributed by atoms with Crippen LogP contribution in [0.4, 0.5) is 0 Å². The van der Waals surface area contributed by atoms with Crippen LogP contribution in [0, 0.1) is 5.92 Å². The maximum Gasteiger partial charge on any atom is 0.0636 e. The van der Waals surface area contributed by atoms with Gasteiger partial charge in [-0.25, -0.2) is 0 Å². The van der Waals surface area contributed by atoms with Gasteiger partial charge in [-0.1, -0.05) is 50.6 Å². The molecule has 18 heavy (non-hydrogen) atoms. The van der Waals surface area contributed by atoms with Crippen molar-refractivity contribution in [2.24, 2.45) is 5.92 Å². The largest absolute Gasteiger partial charge is 0.309 e. The van der Waals surface area contributed by atoms with Gasteiger partial charge in [0.15, 0.2) is 0 Å². The number of benzene rings is 1. The Bertz CT molecular complexity index is 518. The maximum absolute atomic E-state index is 6.43. The molecule has 1 aromatic carbocycles. The lowest BCUT2D eigenvalue weighted by molar-refractivity contribution is 0.389. The van der Waals surface area contributed by atoms with Crippen molar-refractivity contribution in [3.63, 3.8) is 0 Å². The Morgan fingerprint density at radius 2 is 2.00 bits per heavy atom. The van der Waals surface area contributed by atoms with Crippen molar-refractivity contribution in [1.82, 2.24) is 5.32 Å². The molecule has 1 heterocycles. The van der Waals surface area contributed by atoms with E-state index in [0.717, 1.165) is 18.0 Å². The van der Waals surface area contributed by atoms with E-state index in [-0.39, 0.29) is 0 Å². The number of rotatable bonds is 5. The van der Waals surface area contributed by atoms with E-state index in [1.807, 2.05) is 6.07 Å². The summed E-state index contributed by atoms with van der Waals surface area (Å²) in [5, 5.41) is 5.71. The van der Waals surface area contributed by atoms with Gasteiger partial charge in [-0.2, -0.15) is 0 Å². The quantitative estimate of drug-likeness (QED) is 0.806. The van der Waals surface area contributed by atoms with E-state index in [1.54, 1.807) is 11.3 Å². The second-order valence-electron chi connectivity index (χ2n) is 4.98. The van der Waals surface area contributed by atoms with Gasteiger partial charge >= 0.3 is 0 Å². The van der Waals surface area contributed by atoms with Crippen LogP contribution < -0.4 is 5.32 Å². The van der Waals surface area contributed by atoms with Crippen LogP contribution in [0.3, 0.4) is 0 Å². The number of fused-ring (bicyclic) bond motifs is 1. The smallest absolute Gasteiger partial charge is 0.0636 e. The van der Waals surface area contributed by atoms with E-state index in [1.165, 1.54) is 15.0 Å². The van der Waals surface area contributed by atoms with Crippen molar-refractivity contribution in [3.8, 4) is 0 Å². The van der Waals surface area contributed by atoms with Crippen LogP contribution in [-0.4, -0.2) is 6.04 Å². The molecule has 3 heteroatoms. The fourth-order valence-electron chi connectivity index (χ4n) is 2.25. The third kappa shape index (κ3) is 2.87. The van der Waals surface area contributed by atoms with E-state index >= 15 is 0 Å². The summed E-state index contributed by atoms with van der Waals surface area (Å²) < 4.78 is 1.27. The molecule has 0 aliphatic rings. The average molecular weight is 282 g/mol. The average Bonchev–Trinajstić information content (AvgIpc) is 2.67. The first-order valence-corrected chi connectivity index (χ1v) is 7.72. The summed E-state index contributed by atoms with van der Waals surface area (Å²) in [5.41, 5.74) is 0. The van der Waals surface area contributed by atoms with Gasteiger partial charge in [-0.15, -0.1) is 11.3 Å². The van der Waals surface area contributed by atoms with Crippen molar-refractivity contribution in [3.05, 3.63) is 34.2 Å². The predicted octanol–water partition coefficient (Wildman–Crippen LogP) is 5.08. The Kier molecular flexibility index (Phi) is 4.66. The Morgan fingerprint density at radius 3 is 2.61 bits per heavy atom. The van der Waals surface area contributed by atoms with Crippen molar-refractivity contribution in [2.75, 3.05) is 0 Å². The molecule has 0 aliphatic carbocycles. The molecule has 0 aliphatic heterocycles. The van der Waals surface area contributed by atoms with Crippen LogP contribution in [0.25, 0.3) is 10.1 Å². The van der Waals surface area contributed by atoms with Crippen molar-refractivity contribution in [2.45, 2.75) is 39.8 Å². The van der Waals surface area contributed by atoms with Crippen molar-refractivity contribution >= 4 is 33.0 Å². The molecule has 1 aromatic heterocycles. The number of hydrogen-bond acceptors (Lipinski definition) is 2. The zero-order valence-corrected chi connectivity index (χ0v) is 12.7. The first-order valence-electron chi connectivity index (χ1n) is 6.52. The fraction of sp³-hybridized carbons (Fsp3) is 0.467. The summed E-state index contributed by atoms with van der Waals surface area (Å²) in [4.78, 5) is 1.25. The van der Waals surface area contributed by atoms with Gasteiger partial charge in [0, 0.05) is 27.5 Å². The third-order valence-corrected chi connectivity index (χ3v) is 5.09. The number of hydrogen-bond donors (Lipinski definition) is 1. The Morgan fingerprint density at radius 1 is 1.28 bits per heavy atom. The second-order valence-corrected chi connectivity index (χ2v) is 6.49. The van der Waals surface area contributed by atoms with Gasteiger partial charge in [0.25, 0.3) is 0 Å². The summed E-state index contributed by atoms with van der Waals surface area (Å²) in [6, 6.07) is 8.90. The van der Waals surface area contributed by atoms with E-state index in [2.05, 4.69) is 44.3 Å². The Labute approximate surface area is 118 Å². The molecule has 2 rings (SSSR count). The van der Waals surface area contributed by atoms with Crippen LogP contribution in [0.2, 0.25) is 5.02 Å². The minimum atomic E-state index is 0.561. The fourth-order valence-corrected chi connectivity index (χ4v) is 3.70. The normalized spacial score (nSPS) is 13.4. The minimum absolute atomic E-state index is 0.561. The molecule has 0 radical (unpaired) electrons. The molecule has 1 nitrogen and oxygen atoms in total. The van der Waals surface area contributed by atoms with Crippen LogP contribution in [0.1, 0.15) is 32.1 Å². The first-order chi connectivity index (χ1) is 8.63. The summed E-state index contributed by atoms with van der Waals surface area (Å²) in [6.45, 7) is 7.61. The molecule has 2 aromatic rings. The standard InChI is InChI=1S/C15H20ClNS/c1-4-12(10(2)3)17-9-14-15(16)11-7-5-6-8-13(11)18-14/h5-8,10,12,17H,4,9H2,1-3H3. The third-order valence-electron chi connectivity index (χ3n) is 3.37. The second kappa shape index (κ2) is 6.05. The monoisotopic (exact) mass is 281 g/mol. The topological polar surface area (TPSA) is 12.0 Å². The van der Waals surface area contributed by atoms with E-state index in [4.69, 9.17) is 11.6 Å². The highest BCUT2D eigenvalue weighted by atomic mass is 35.5. The Hall–Kier alpha value is -0.570. The molecule has 1 atom stereocenters. The lowest BCUT2D eigenvalue weighted by Gasteiger charge is -2.20. The van der Waals surface area contributed by atoms with Gasteiger partial charge in [0.05, 0.1) is 5.02 Å². The molecule has 0 bridgehead atoms. The zero-order valence-electron chi connectivity index (χ0n) is 11.2. The molecule has 0 spiro atoms. The highest BCUT2D eigenvalue weighted by Gasteiger charge is 2.13. The molecular weight excluding hydrogens is 262 g/mol. The number of halogens is 1. The number of thiophene rings is 1. The molecule has 0 amide bonds. The van der Waals surface area contributed by atoms with E-state index in [9.17, 15) is 0 Å². The van der Waals surface area contributed by atoms with Gasteiger partial charge in [0.1, 0.15) is 0 Å². The van der Waals surface area contributed by atoms with Gasteiger partial charge < -0.3 is 5.32 Å². The molecule has 0 saturated heterocycles. The van der Waals surface area contributed by atoms with Crippen LogP contribution in [0.5, 0.6) is 0 Å². The van der Waals surface area contributed by atoms with Crippen molar-refractivity contribution in [1.29, 1.82) is 0 Å². The predicted molar refractivity (Wildman–Crippen MR) is 82.6 cm³/mol. The molecule has 0 saturated carbocycles.